The molecular formula is C8H4FN3. The van der Waals surface area contributed by atoms with E-state index >= 15 is 0 Å². The van der Waals surface area contributed by atoms with Crippen LogP contribution in [-0.2, 0) is 0 Å². The molecule has 4 heteroatoms. The highest BCUT2D eigenvalue weighted by atomic mass is 19.1. The molecular weight excluding hydrogens is 157 g/mol. The number of fused-ring (bicyclic) bond motifs is 1. The van der Waals surface area contributed by atoms with Crippen molar-refractivity contribution < 1.29 is 4.39 Å². The minimum absolute atomic E-state index is 0.280. The average Bonchev–Trinajstić information content (AvgIpc) is 2.50. The van der Waals surface area contributed by atoms with Gasteiger partial charge in [0.1, 0.15) is 11.9 Å². The quantitative estimate of drug-likeness (QED) is 0.637. The second kappa shape index (κ2) is 2.31. The Bertz CT molecular complexity index is 467. The van der Waals surface area contributed by atoms with Crippen LogP contribution in [0.5, 0.6) is 0 Å². The maximum absolute atomic E-state index is 12.8. The molecule has 1 heterocycles. The Morgan fingerprint density at radius 3 is 3.08 bits per heavy atom. The third-order valence-corrected chi connectivity index (χ3v) is 1.63. The van der Waals surface area contributed by atoms with Gasteiger partial charge in [0.15, 0.2) is 0 Å². The lowest BCUT2D eigenvalue weighted by Crippen LogP contribution is -1.81. The molecule has 0 aliphatic heterocycles. The van der Waals surface area contributed by atoms with Gasteiger partial charge in [0.2, 0.25) is 0 Å². The molecule has 0 aliphatic rings. The molecule has 0 amide bonds. The lowest BCUT2D eigenvalue weighted by Gasteiger charge is -1.91. The highest BCUT2D eigenvalue weighted by molar-refractivity contribution is 5.83. The fraction of sp³-hybridized carbons (Fsp3) is 0. The third kappa shape index (κ3) is 0.839. The summed E-state index contributed by atoms with van der Waals surface area (Å²) in [4.78, 5) is 0. The zero-order valence-corrected chi connectivity index (χ0v) is 6.00. The van der Waals surface area contributed by atoms with Crippen molar-refractivity contribution in [2.45, 2.75) is 0 Å². The predicted octanol–water partition coefficient (Wildman–Crippen LogP) is 1.57. The topological polar surface area (TPSA) is 52.5 Å². The van der Waals surface area contributed by atoms with Gasteiger partial charge in [0.05, 0.1) is 17.3 Å². The summed E-state index contributed by atoms with van der Waals surface area (Å²) < 4.78 is 12.8. The van der Waals surface area contributed by atoms with Crippen LogP contribution in [0.1, 0.15) is 5.56 Å². The van der Waals surface area contributed by atoms with Crippen molar-refractivity contribution in [3.63, 3.8) is 0 Å². The number of hydrogen-bond acceptors (Lipinski definition) is 2. The summed E-state index contributed by atoms with van der Waals surface area (Å²) in [5, 5.41) is 15.6. The van der Waals surface area contributed by atoms with Crippen molar-refractivity contribution in [1.82, 2.24) is 10.2 Å². The van der Waals surface area contributed by atoms with Gasteiger partial charge in [-0.2, -0.15) is 10.4 Å². The van der Waals surface area contributed by atoms with Gasteiger partial charge in [-0.25, -0.2) is 4.39 Å². The summed E-state index contributed by atoms with van der Waals surface area (Å²) in [6, 6.07) is 4.40. The van der Waals surface area contributed by atoms with Crippen LogP contribution >= 0.6 is 0 Å². The monoisotopic (exact) mass is 161 g/mol. The van der Waals surface area contributed by atoms with Gasteiger partial charge < -0.3 is 0 Å². The lowest BCUT2D eigenvalue weighted by atomic mass is 10.1. The van der Waals surface area contributed by atoms with Crippen molar-refractivity contribution in [3.05, 3.63) is 29.7 Å². The number of nitrogens with one attached hydrogen (secondary N) is 1. The molecule has 58 valence electrons. The molecule has 0 unspecified atom stereocenters. The van der Waals surface area contributed by atoms with E-state index in [-0.39, 0.29) is 5.56 Å². The predicted molar refractivity (Wildman–Crippen MR) is 40.8 cm³/mol. The summed E-state index contributed by atoms with van der Waals surface area (Å²) in [5.41, 5.74) is 0.862. The molecule has 0 saturated carbocycles. The van der Waals surface area contributed by atoms with Crippen LogP contribution in [0, 0.1) is 17.1 Å². The first-order valence-corrected chi connectivity index (χ1v) is 3.34. The fourth-order valence-corrected chi connectivity index (χ4v) is 1.11. The Kier molecular flexibility index (Phi) is 1.31. The molecule has 1 N–H and O–H groups in total. The molecule has 0 fully saturated rings. The molecule has 0 radical (unpaired) electrons. The van der Waals surface area contributed by atoms with Crippen LogP contribution in [-0.4, -0.2) is 10.2 Å². The SMILES string of the molecule is N#Cc1cc(F)cc2cn[nH]c12. The van der Waals surface area contributed by atoms with Crippen molar-refractivity contribution in [2.24, 2.45) is 0 Å². The summed E-state index contributed by atoms with van der Waals surface area (Å²) in [7, 11) is 0. The number of aromatic amines is 1. The highest BCUT2D eigenvalue weighted by Gasteiger charge is 2.04. The van der Waals surface area contributed by atoms with E-state index in [1.165, 1.54) is 18.3 Å². The number of nitriles is 1. The van der Waals surface area contributed by atoms with E-state index in [1.54, 1.807) is 0 Å². The molecule has 0 spiro atoms. The Hall–Kier alpha value is -1.89. The average molecular weight is 161 g/mol. The van der Waals surface area contributed by atoms with Crippen molar-refractivity contribution in [1.29, 1.82) is 5.26 Å². The summed E-state index contributed by atoms with van der Waals surface area (Å²) in [6.07, 6.45) is 1.49. The zero-order valence-electron chi connectivity index (χ0n) is 6.00. The number of hydrogen-bond donors (Lipinski definition) is 1. The smallest absolute Gasteiger partial charge is 0.125 e. The van der Waals surface area contributed by atoms with E-state index in [0.29, 0.717) is 10.9 Å². The van der Waals surface area contributed by atoms with E-state index in [1.807, 2.05) is 6.07 Å². The van der Waals surface area contributed by atoms with Crippen LogP contribution in [0.4, 0.5) is 4.39 Å². The van der Waals surface area contributed by atoms with Crippen LogP contribution in [0.3, 0.4) is 0 Å². The number of nitrogens with zero attached hydrogens (tertiary/aromatic N) is 2. The first-order valence-electron chi connectivity index (χ1n) is 3.34. The molecule has 2 rings (SSSR count). The minimum atomic E-state index is -0.416. The van der Waals surface area contributed by atoms with E-state index < -0.39 is 5.82 Å². The molecule has 0 saturated heterocycles. The largest absolute Gasteiger partial charge is 0.276 e. The molecule has 0 aliphatic carbocycles. The molecule has 0 atom stereocenters. The van der Waals surface area contributed by atoms with Gasteiger partial charge in [0.25, 0.3) is 0 Å². The van der Waals surface area contributed by atoms with E-state index in [0.717, 1.165) is 0 Å². The van der Waals surface area contributed by atoms with Gasteiger partial charge in [-0.05, 0) is 12.1 Å². The number of rotatable bonds is 0. The van der Waals surface area contributed by atoms with Crippen LogP contribution in [0.2, 0.25) is 0 Å². The first-order chi connectivity index (χ1) is 5.81. The minimum Gasteiger partial charge on any atom is -0.276 e. The lowest BCUT2D eigenvalue weighted by molar-refractivity contribution is 0.629. The second-order valence-electron chi connectivity index (χ2n) is 2.40. The molecule has 0 bridgehead atoms. The number of benzene rings is 1. The number of H-pyrrole nitrogens is 1. The van der Waals surface area contributed by atoms with Crippen LogP contribution < -0.4 is 0 Å². The Balaban J connectivity index is 2.91. The Morgan fingerprint density at radius 1 is 1.50 bits per heavy atom. The molecule has 1 aromatic heterocycles. The highest BCUT2D eigenvalue weighted by Crippen LogP contribution is 2.16. The Morgan fingerprint density at radius 2 is 2.33 bits per heavy atom. The van der Waals surface area contributed by atoms with Gasteiger partial charge >= 0.3 is 0 Å². The van der Waals surface area contributed by atoms with Gasteiger partial charge in [-0.15, -0.1) is 0 Å². The number of aromatic nitrogens is 2. The van der Waals surface area contributed by atoms with E-state index in [4.69, 9.17) is 5.26 Å². The molecule has 1 aromatic carbocycles. The third-order valence-electron chi connectivity index (χ3n) is 1.63. The molecule has 12 heavy (non-hydrogen) atoms. The van der Waals surface area contributed by atoms with E-state index in [2.05, 4.69) is 10.2 Å². The van der Waals surface area contributed by atoms with Crippen LogP contribution in [0.15, 0.2) is 18.3 Å². The van der Waals surface area contributed by atoms with Gasteiger partial charge in [0, 0.05) is 5.39 Å². The maximum atomic E-state index is 12.8. The molecule has 3 nitrogen and oxygen atoms in total. The zero-order chi connectivity index (χ0) is 8.55. The van der Waals surface area contributed by atoms with Gasteiger partial charge in [-0.1, -0.05) is 0 Å². The second-order valence-corrected chi connectivity index (χ2v) is 2.40. The maximum Gasteiger partial charge on any atom is 0.125 e. The van der Waals surface area contributed by atoms with Crippen LogP contribution in [0.25, 0.3) is 10.9 Å². The van der Waals surface area contributed by atoms with E-state index in [9.17, 15) is 4.39 Å². The van der Waals surface area contributed by atoms with Crippen molar-refractivity contribution in [2.75, 3.05) is 0 Å². The van der Waals surface area contributed by atoms with Crippen molar-refractivity contribution >= 4 is 10.9 Å². The van der Waals surface area contributed by atoms with Crippen molar-refractivity contribution in [3.8, 4) is 6.07 Å². The molecule has 2 aromatic rings. The standard InChI is InChI=1S/C8H4FN3/c9-7-1-5(3-10)8-6(2-7)4-11-12-8/h1-2,4H,(H,11,12). The summed E-state index contributed by atoms with van der Waals surface area (Å²) >= 11 is 0. The summed E-state index contributed by atoms with van der Waals surface area (Å²) in [6.45, 7) is 0. The fourth-order valence-electron chi connectivity index (χ4n) is 1.11. The summed E-state index contributed by atoms with van der Waals surface area (Å²) in [5.74, 6) is -0.416. The Labute approximate surface area is 67.4 Å². The normalized spacial score (nSPS) is 10.0. The van der Waals surface area contributed by atoms with Gasteiger partial charge in [-0.3, -0.25) is 5.10 Å². The number of halogens is 1. The first kappa shape index (κ1) is 6.80.